The molecular formula is C50H32. The summed E-state index contributed by atoms with van der Waals surface area (Å²) in [7, 11) is 0. The summed E-state index contributed by atoms with van der Waals surface area (Å²) in [5.74, 6) is 0. The zero-order valence-electron chi connectivity index (χ0n) is 27.5. The van der Waals surface area contributed by atoms with Crippen molar-refractivity contribution in [3.8, 4) is 77.9 Å². The Kier molecular flexibility index (Phi) is 6.60. The van der Waals surface area contributed by atoms with Crippen LogP contribution in [0.4, 0.5) is 0 Å². The second-order valence-corrected chi connectivity index (χ2v) is 13.2. The summed E-state index contributed by atoms with van der Waals surface area (Å²) in [5.41, 5.74) is 17.6. The number of rotatable bonds is 5. The summed E-state index contributed by atoms with van der Waals surface area (Å²) in [6.45, 7) is 0. The lowest BCUT2D eigenvalue weighted by Gasteiger charge is -2.21. The van der Waals surface area contributed by atoms with Crippen LogP contribution in [0.25, 0.3) is 99.4 Å². The van der Waals surface area contributed by atoms with Crippen LogP contribution < -0.4 is 0 Å². The molecule has 0 aromatic heterocycles. The number of fused-ring (bicyclic) bond motifs is 4. The van der Waals surface area contributed by atoms with Gasteiger partial charge in [0.1, 0.15) is 0 Å². The highest BCUT2D eigenvalue weighted by Crippen LogP contribution is 2.58. The molecule has 10 rings (SSSR count). The Bertz CT molecular complexity index is 2700. The molecule has 0 unspecified atom stereocenters. The largest absolute Gasteiger partial charge is 0.0622 e. The Morgan fingerprint density at radius 2 is 0.740 bits per heavy atom. The van der Waals surface area contributed by atoms with Crippen molar-refractivity contribution in [1.29, 1.82) is 0 Å². The molecule has 9 aromatic rings. The van der Waals surface area contributed by atoms with E-state index in [9.17, 15) is 0 Å². The topological polar surface area (TPSA) is 0 Å². The van der Waals surface area contributed by atoms with Crippen molar-refractivity contribution in [1.82, 2.24) is 0 Å². The normalized spacial score (nSPS) is 11.6. The summed E-state index contributed by atoms with van der Waals surface area (Å²) in [5, 5.41) is 5.15. The van der Waals surface area contributed by atoms with E-state index in [1.807, 2.05) is 0 Å². The molecule has 0 atom stereocenters. The van der Waals surface area contributed by atoms with Gasteiger partial charge in [-0.15, -0.1) is 0 Å². The monoisotopic (exact) mass is 632 g/mol. The third-order valence-electron chi connectivity index (χ3n) is 10.4. The first-order chi connectivity index (χ1) is 24.8. The first-order valence-electron chi connectivity index (χ1n) is 17.4. The summed E-state index contributed by atoms with van der Waals surface area (Å²) in [4.78, 5) is 0. The molecule has 0 spiro atoms. The fraction of sp³-hybridized carbons (Fsp3) is 0. The maximum absolute atomic E-state index is 2.45. The van der Waals surface area contributed by atoms with Gasteiger partial charge in [-0.05, 0) is 112 Å². The van der Waals surface area contributed by atoms with Crippen LogP contribution in [-0.4, -0.2) is 0 Å². The minimum Gasteiger partial charge on any atom is -0.0622 e. The van der Waals surface area contributed by atoms with Gasteiger partial charge in [0, 0.05) is 0 Å². The predicted molar refractivity (Wildman–Crippen MR) is 213 cm³/mol. The molecule has 9 aromatic carbocycles. The maximum atomic E-state index is 2.45. The number of benzene rings is 9. The van der Waals surface area contributed by atoms with Crippen LogP contribution in [0.5, 0.6) is 0 Å². The molecule has 0 amide bonds. The minimum absolute atomic E-state index is 1.21. The Morgan fingerprint density at radius 3 is 1.48 bits per heavy atom. The average molecular weight is 633 g/mol. The van der Waals surface area contributed by atoms with Crippen molar-refractivity contribution in [3.63, 3.8) is 0 Å². The van der Waals surface area contributed by atoms with Gasteiger partial charge in [0.15, 0.2) is 0 Å². The van der Waals surface area contributed by atoms with Crippen molar-refractivity contribution in [2.75, 3.05) is 0 Å². The Hall–Kier alpha value is -6.50. The highest BCUT2D eigenvalue weighted by molar-refractivity contribution is 6.24. The zero-order chi connectivity index (χ0) is 33.0. The second kappa shape index (κ2) is 11.6. The van der Waals surface area contributed by atoms with E-state index < -0.39 is 0 Å². The summed E-state index contributed by atoms with van der Waals surface area (Å²) < 4.78 is 0. The van der Waals surface area contributed by atoms with E-state index in [1.165, 1.54) is 99.4 Å². The van der Waals surface area contributed by atoms with Crippen LogP contribution in [0.1, 0.15) is 0 Å². The molecule has 0 N–H and O–H groups in total. The summed E-state index contributed by atoms with van der Waals surface area (Å²) in [6, 6.07) is 71.2. The van der Waals surface area contributed by atoms with Crippen molar-refractivity contribution in [2.45, 2.75) is 0 Å². The summed E-state index contributed by atoms with van der Waals surface area (Å²) >= 11 is 0. The molecular weight excluding hydrogens is 601 g/mol. The van der Waals surface area contributed by atoms with Gasteiger partial charge >= 0.3 is 0 Å². The van der Waals surface area contributed by atoms with Crippen LogP contribution in [0.2, 0.25) is 0 Å². The number of hydrogen-bond acceptors (Lipinski definition) is 0. The molecule has 50 heavy (non-hydrogen) atoms. The third-order valence-corrected chi connectivity index (χ3v) is 10.4. The zero-order valence-corrected chi connectivity index (χ0v) is 27.5. The quantitative estimate of drug-likeness (QED) is 0.177. The van der Waals surface area contributed by atoms with Gasteiger partial charge < -0.3 is 0 Å². The Labute approximate surface area is 292 Å². The molecule has 0 nitrogen and oxygen atoms in total. The van der Waals surface area contributed by atoms with E-state index in [2.05, 4.69) is 194 Å². The van der Waals surface area contributed by atoms with Crippen LogP contribution in [0.15, 0.2) is 194 Å². The SMILES string of the molecule is c1ccc(-c2ccc(-c3cc(-c4ccccc4)c4c(c3-c3ccccc3)-c3cccc5c(-c6ccc7ccccc7c6)ccc-4c35)cc2)cc1. The van der Waals surface area contributed by atoms with Gasteiger partial charge in [0.2, 0.25) is 0 Å². The van der Waals surface area contributed by atoms with Gasteiger partial charge in [0.05, 0.1) is 0 Å². The maximum Gasteiger partial charge on any atom is -0.000763 e. The van der Waals surface area contributed by atoms with Gasteiger partial charge in [-0.1, -0.05) is 182 Å². The first kappa shape index (κ1) is 28.5. The van der Waals surface area contributed by atoms with Gasteiger partial charge in [0.25, 0.3) is 0 Å². The fourth-order valence-electron chi connectivity index (χ4n) is 8.11. The third kappa shape index (κ3) is 4.54. The molecule has 0 saturated carbocycles. The molecule has 1 aliphatic carbocycles. The molecule has 0 bridgehead atoms. The lowest BCUT2D eigenvalue weighted by Crippen LogP contribution is -1.94. The van der Waals surface area contributed by atoms with E-state index in [-0.39, 0.29) is 0 Å². The molecule has 1 aliphatic rings. The molecule has 0 radical (unpaired) electrons. The highest BCUT2D eigenvalue weighted by atomic mass is 14.3. The highest BCUT2D eigenvalue weighted by Gasteiger charge is 2.31. The van der Waals surface area contributed by atoms with E-state index in [0.717, 1.165) is 0 Å². The lowest BCUT2D eigenvalue weighted by molar-refractivity contribution is 1.56. The van der Waals surface area contributed by atoms with Gasteiger partial charge in [-0.3, -0.25) is 0 Å². The lowest BCUT2D eigenvalue weighted by atomic mass is 9.82. The molecule has 0 heteroatoms. The first-order valence-corrected chi connectivity index (χ1v) is 17.4. The van der Waals surface area contributed by atoms with Crippen LogP contribution in [-0.2, 0) is 0 Å². The molecule has 0 heterocycles. The fourth-order valence-corrected chi connectivity index (χ4v) is 8.11. The molecule has 232 valence electrons. The second-order valence-electron chi connectivity index (χ2n) is 13.2. The minimum atomic E-state index is 1.21. The van der Waals surface area contributed by atoms with Crippen molar-refractivity contribution in [3.05, 3.63) is 194 Å². The average Bonchev–Trinajstić information content (AvgIpc) is 3.54. The standard InChI is InChI=1S/C50H32/c1-4-13-33(14-5-1)35-23-26-37(27-24-35)45-32-46(36-16-6-2-7-17-36)49-44-30-29-41(40-28-25-34-15-10-11-20-39(34)31-40)42-21-12-22-43(48(42)44)50(49)47(45)38-18-8-3-9-19-38/h1-32H. The van der Waals surface area contributed by atoms with Crippen molar-refractivity contribution < 1.29 is 0 Å². The van der Waals surface area contributed by atoms with Gasteiger partial charge in [-0.25, -0.2) is 0 Å². The molecule has 0 aliphatic heterocycles. The van der Waals surface area contributed by atoms with Crippen molar-refractivity contribution >= 4 is 21.5 Å². The van der Waals surface area contributed by atoms with Crippen molar-refractivity contribution in [2.24, 2.45) is 0 Å². The van der Waals surface area contributed by atoms with E-state index in [4.69, 9.17) is 0 Å². The van der Waals surface area contributed by atoms with Crippen LogP contribution in [0, 0.1) is 0 Å². The van der Waals surface area contributed by atoms with Crippen LogP contribution >= 0.6 is 0 Å². The summed E-state index contributed by atoms with van der Waals surface area (Å²) in [6.07, 6.45) is 0. The Balaban J connectivity index is 1.27. The molecule has 0 fully saturated rings. The van der Waals surface area contributed by atoms with E-state index >= 15 is 0 Å². The smallest absolute Gasteiger partial charge is 0.000763 e. The Morgan fingerprint density at radius 1 is 0.220 bits per heavy atom. The number of hydrogen-bond donors (Lipinski definition) is 0. The van der Waals surface area contributed by atoms with E-state index in [0.29, 0.717) is 0 Å². The van der Waals surface area contributed by atoms with E-state index in [1.54, 1.807) is 0 Å². The predicted octanol–water partition coefficient (Wildman–Crippen LogP) is 14.0. The van der Waals surface area contributed by atoms with Gasteiger partial charge in [-0.2, -0.15) is 0 Å². The molecule has 0 saturated heterocycles. The van der Waals surface area contributed by atoms with Crippen LogP contribution in [0.3, 0.4) is 0 Å².